The Morgan fingerprint density at radius 3 is 2.50 bits per heavy atom. The largest absolute Gasteiger partial charge is 0.170 e. The van der Waals surface area contributed by atoms with E-state index in [1.165, 1.54) is 6.21 Å². The van der Waals surface area contributed by atoms with E-state index < -0.39 is 0 Å². The van der Waals surface area contributed by atoms with Crippen molar-refractivity contribution in [3.8, 4) is 0 Å². The number of hydrogen-bond acceptors (Lipinski definition) is 4. The van der Waals surface area contributed by atoms with Crippen molar-refractivity contribution in [2.75, 3.05) is 0 Å². The number of nitrogens with zero attached hydrogens (tertiary/aromatic N) is 3. The van der Waals surface area contributed by atoms with Crippen molar-refractivity contribution in [2.24, 2.45) is 15.4 Å². The summed E-state index contributed by atoms with van der Waals surface area (Å²) >= 11 is 9.32. The summed E-state index contributed by atoms with van der Waals surface area (Å²) < 4.78 is 0. The Morgan fingerprint density at radius 1 is 1.38 bits per heavy atom. The fourth-order valence-corrected chi connectivity index (χ4v) is 0.426. The molecule has 1 aliphatic rings. The molecule has 0 amide bonds. The molecule has 40 valence electrons. The Labute approximate surface area is 56.5 Å². The maximum atomic E-state index is 4.68. The summed E-state index contributed by atoms with van der Waals surface area (Å²) in [6, 6.07) is 0. The van der Waals surface area contributed by atoms with Crippen LogP contribution in [0.25, 0.3) is 0 Å². The molecule has 0 aliphatic carbocycles. The fraction of sp³-hybridized carbons (Fsp3) is 0. The molecule has 5 heteroatoms. The zero-order valence-corrected chi connectivity index (χ0v) is 5.37. The number of thiocarbonyl (C=S) groups is 2. The van der Waals surface area contributed by atoms with Crippen LogP contribution in [0.2, 0.25) is 0 Å². The highest BCUT2D eigenvalue weighted by Crippen LogP contribution is 1.92. The second-order valence-electron chi connectivity index (χ2n) is 1.10. The second-order valence-corrected chi connectivity index (χ2v) is 1.93. The van der Waals surface area contributed by atoms with E-state index in [9.17, 15) is 0 Å². The van der Waals surface area contributed by atoms with Gasteiger partial charge in [-0.3, -0.25) is 0 Å². The van der Waals surface area contributed by atoms with E-state index in [-0.39, 0.29) is 0 Å². The summed E-state index contributed by atoms with van der Waals surface area (Å²) in [4.78, 5) is 0.824. The van der Waals surface area contributed by atoms with Gasteiger partial charge in [0.15, 0.2) is 4.99 Å². The Balaban J connectivity index is 2.89. The highest BCUT2D eigenvalue weighted by molar-refractivity contribution is 7.90. The lowest BCUT2D eigenvalue weighted by atomic mass is 10.5. The zero-order chi connectivity index (χ0) is 5.98. The first-order valence-electron chi connectivity index (χ1n) is 1.83. The van der Waals surface area contributed by atoms with E-state index in [1.54, 1.807) is 0 Å². The van der Waals surface area contributed by atoms with E-state index >= 15 is 0 Å². The normalized spacial score (nSPS) is 17.5. The summed E-state index contributed by atoms with van der Waals surface area (Å²) in [5.74, 6) is 0. The quantitative estimate of drug-likeness (QED) is 0.477. The van der Waals surface area contributed by atoms with Gasteiger partial charge in [-0.25, -0.2) is 0 Å². The maximum absolute atomic E-state index is 4.68. The van der Waals surface area contributed by atoms with Gasteiger partial charge in [-0.05, 0) is 5.22 Å². The molecule has 8 heavy (non-hydrogen) atoms. The van der Waals surface area contributed by atoms with Crippen molar-refractivity contribution in [1.82, 2.24) is 0 Å². The lowest BCUT2D eigenvalue weighted by molar-refractivity contribution is 1.10. The second kappa shape index (κ2) is 2.15. The molecule has 1 rings (SSSR count). The van der Waals surface area contributed by atoms with Crippen molar-refractivity contribution in [1.29, 1.82) is 0 Å². The monoisotopic (exact) mass is 143 g/mol. The lowest BCUT2D eigenvalue weighted by Crippen LogP contribution is -2.08. The summed E-state index contributed by atoms with van der Waals surface area (Å²) in [5.41, 5.74) is 0. The highest BCUT2D eigenvalue weighted by atomic mass is 32.1. The van der Waals surface area contributed by atoms with Crippen molar-refractivity contribution >= 4 is 40.5 Å². The van der Waals surface area contributed by atoms with Crippen LogP contribution < -0.4 is 0 Å². The van der Waals surface area contributed by atoms with Crippen molar-refractivity contribution in [2.45, 2.75) is 0 Å². The minimum absolute atomic E-state index is 0.343. The molecule has 0 atom stereocenters. The minimum atomic E-state index is 0.343. The van der Waals surface area contributed by atoms with Gasteiger partial charge in [0.05, 0.1) is 11.1 Å². The van der Waals surface area contributed by atoms with Gasteiger partial charge < -0.3 is 0 Å². The molecule has 0 saturated carbocycles. The average molecular weight is 143 g/mol. The maximum Gasteiger partial charge on any atom is 0.170 e. The summed E-state index contributed by atoms with van der Waals surface area (Å²) in [6.45, 7) is 0. The van der Waals surface area contributed by atoms with Crippen LogP contribution in [0.3, 0.4) is 0 Å². The first-order chi connectivity index (χ1) is 3.80. The molecule has 3 nitrogen and oxygen atoms in total. The van der Waals surface area contributed by atoms with Gasteiger partial charge in [0.25, 0.3) is 0 Å². The van der Waals surface area contributed by atoms with E-state index in [0.717, 1.165) is 0 Å². The molecule has 0 spiro atoms. The Bertz CT molecular complexity index is 171. The van der Waals surface area contributed by atoms with E-state index in [2.05, 4.69) is 39.9 Å². The Kier molecular flexibility index (Phi) is 1.50. The molecule has 0 saturated heterocycles. The van der Waals surface area contributed by atoms with E-state index in [0.29, 0.717) is 9.85 Å². The first kappa shape index (κ1) is 5.58. The Hall–Kier alpha value is -0.550. The van der Waals surface area contributed by atoms with Gasteiger partial charge in [-0.15, -0.1) is 10.2 Å². The summed E-state index contributed by atoms with van der Waals surface area (Å²) in [5, 5.41) is 10.1. The Morgan fingerprint density at radius 2 is 2.12 bits per heavy atom. The van der Waals surface area contributed by atoms with Crippen LogP contribution >= 0.6 is 24.4 Å². The summed E-state index contributed by atoms with van der Waals surface area (Å²) in [6.07, 6.45) is 1.41. The van der Waals surface area contributed by atoms with Crippen molar-refractivity contribution in [3.63, 3.8) is 0 Å². The van der Waals surface area contributed by atoms with Crippen LogP contribution in [0.15, 0.2) is 15.4 Å². The molecule has 0 unspecified atom stereocenters. The molecule has 0 aromatic carbocycles. The van der Waals surface area contributed by atoms with Gasteiger partial charge in [-0.1, -0.05) is 24.4 Å². The minimum Gasteiger partial charge on any atom is -0.137 e. The number of hydrogen-bond donors (Lipinski definition) is 0. The van der Waals surface area contributed by atoms with Gasteiger partial charge >= 0.3 is 0 Å². The molecule has 0 radical (unpaired) electrons. The third-order valence-corrected chi connectivity index (χ3v) is 1.30. The van der Waals surface area contributed by atoms with E-state index in [1.807, 2.05) is 0 Å². The van der Waals surface area contributed by atoms with Crippen molar-refractivity contribution < 1.29 is 0 Å². The van der Waals surface area contributed by atoms with Crippen LogP contribution in [0.5, 0.6) is 0 Å². The molecule has 1 aliphatic heterocycles. The SMILES string of the molecule is S=C1C=NN=NC1=S. The molecule has 1 heterocycles. The molecular formula is C3HN3S2. The first-order valence-corrected chi connectivity index (χ1v) is 2.65. The fourth-order valence-electron chi connectivity index (χ4n) is 0.249. The zero-order valence-electron chi connectivity index (χ0n) is 3.74. The van der Waals surface area contributed by atoms with Crippen LogP contribution in [0.1, 0.15) is 0 Å². The highest BCUT2D eigenvalue weighted by Gasteiger charge is 2.01. The topological polar surface area (TPSA) is 37.1 Å². The smallest absolute Gasteiger partial charge is 0.137 e. The standard InChI is InChI=1S/C3HN3S2/c7-2-1-4-6-5-3(2)8/h1H. The molecule has 0 aromatic rings. The van der Waals surface area contributed by atoms with E-state index in [4.69, 9.17) is 0 Å². The number of rotatable bonds is 0. The predicted molar refractivity (Wildman–Crippen MR) is 38.5 cm³/mol. The predicted octanol–water partition coefficient (Wildman–Crippen LogP) is 1.14. The van der Waals surface area contributed by atoms with Crippen LogP contribution in [-0.2, 0) is 0 Å². The third-order valence-electron chi connectivity index (χ3n) is 0.573. The van der Waals surface area contributed by atoms with Crippen LogP contribution in [0, 0.1) is 0 Å². The van der Waals surface area contributed by atoms with Crippen LogP contribution in [0.4, 0.5) is 0 Å². The molecule has 0 fully saturated rings. The molecule has 0 N–H and O–H groups in total. The van der Waals surface area contributed by atoms with Gasteiger partial charge in [0, 0.05) is 0 Å². The lowest BCUT2D eigenvalue weighted by Gasteiger charge is -1.91. The molecule has 0 aromatic heterocycles. The third kappa shape index (κ3) is 0.988. The average Bonchev–Trinajstić information content (AvgIpc) is 1.77. The molecular weight excluding hydrogens is 142 g/mol. The van der Waals surface area contributed by atoms with Gasteiger partial charge in [0.1, 0.15) is 0 Å². The molecule has 0 bridgehead atoms. The van der Waals surface area contributed by atoms with Gasteiger partial charge in [-0.2, -0.15) is 0 Å². The van der Waals surface area contributed by atoms with Crippen molar-refractivity contribution in [3.05, 3.63) is 0 Å². The van der Waals surface area contributed by atoms with Gasteiger partial charge in [0.2, 0.25) is 0 Å². The van der Waals surface area contributed by atoms with Crippen LogP contribution in [-0.4, -0.2) is 16.1 Å². The summed E-state index contributed by atoms with van der Waals surface area (Å²) in [7, 11) is 0.